The molecule has 0 bridgehead atoms. The molecule has 1 heterocycles. The Labute approximate surface area is 108 Å². The molecule has 0 aliphatic heterocycles. The lowest BCUT2D eigenvalue weighted by Gasteiger charge is -2.22. The third kappa shape index (κ3) is 2.80. The van der Waals surface area contributed by atoms with Crippen LogP contribution in [-0.4, -0.2) is 11.5 Å². The highest BCUT2D eigenvalue weighted by Gasteiger charge is 2.07. The first-order valence-corrected chi connectivity index (χ1v) is 6.21. The first kappa shape index (κ1) is 12.4. The van der Waals surface area contributed by atoms with Gasteiger partial charge in [-0.25, -0.2) is 4.98 Å². The average molecular weight is 241 g/mol. The third-order valence-corrected chi connectivity index (χ3v) is 3.05. The Kier molecular flexibility index (Phi) is 3.82. The molecule has 1 aromatic carbocycles. The van der Waals surface area contributed by atoms with Crippen LogP contribution in [0.2, 0.25) is 0 Å². The molecule has 0 spiro atoms. The maximum absolute atomic E-state index is 5.94. The van der Waals surface area contributed by atoms with Crippen LogP contribution in [0.5, 0.6) is 0 Å². The summed E-state index contributed by atoms with van der Waals surface area (Å²) in [5.74, 6) is 0.935. The van der Waals surface area contributed by atoms with Crippen molar-refractivity contribution in [1.29, 1.82) is 0 Å². The van der Waals surface area contributed by atoms with E-state index in [0.29, 0.717) is 0 Å². The zero-order valence-corrected chi connectivity index (χ0v) is 10.9. The van der Waals surface area contributed by atoms with Gasteiger partial charge < -0.3 is 10.6 Å². The van der Waals surface area contributed by atoms with E-state index < -0.39 is 0 Å². The van der Waals surface area contributed by atoms with E-state index in [1.54, 1.807) is 0 Å². The molecule has 3 nitrogen and oxygen atoms in total. The molecule has 0 saturated carbocycles. The van der Waals surface area contributed by atoms with Crippen LogP contribution in [-0.2, 0) is 6.54 Å². The number of nitrogens with two attached hydrogens (primary N) is 1. The maximum atomic E-state index is 5.94. The van der Waals surface area contributed by atoms with Crippen molar-refractivity contribution in [3.05, 3.63) is 53.7 Å². The van der Waals surface area contributed by atoms with Crippen molar-refractivity contribution >= 4 is 11.5 Å². The van der Waals surface area contributed by atoms with Crippen LogP contribution in [0.25, 0.3) is 0 Å². The summed E-state index contributed by atoms with van der Waals surface area (Å²) in [5.41, 5.74) is 9.04. The first-order valence-electron chi connectivity index (χ1n) is 6.21. The van der Waals surface area contributed by atoms with Gasteiger partial charge in [0.2, 0.25) is 0 Å². The fourth-order valence-electron chi connectivity index (χ4n) is 1.86. The molecule has 18 heavy (non-hydrogen) atoms. The molecule has 2 N–H and O–H groups in total. The third-order valence-electron chi connectivity index (χ3n) is 3.05. The summed E-state index contributed by atoms with van der Waals surface area (Å²) in [4.78, 5) is 6.67. The van der Waals surface area contributed by atoms with Gasteiger partial charge in [-0.3, -0.25) is 0 Å². The number of anilines is 2. The smallest absolute Gasteiger partial charge is 0.130 e. The second-order valence-corrected chi connectivity index (χ2v) is 4.40. The topological polar surface area (TPSA) is 42.1 Å². The highest BCUT2D eigenvalue weighted by atomic mass is 15.2. The number of pyridine rings is 1. The highest BCUT2D eigenvalue weighted by molar-refractivity contribution is 5.54. The van der Waals surface area contributed by atoms with Crippen LogP contribution in [0.3, 0.4) is 0 Å². The second-order valence-electron chi connectivity index (χ2n) is 4.40. The SMILES string of the molecule is CCN(Cc1ccccc1)c1cc(N)c(C)cn1. The van der Waals surface area contributed by atoms with Crippen LogP contribution in [0.1, 0.15) is 18.1 Å². The van der Waals surface area contributed by atoms with Gasteiger partial charge in [0.1, 0.15) is 5.82 Å². The fourth-order valence-corrected chi connectivity index (χ4v) is 1.86. The molecule has 0 radical (unpaired) electrons. The van der Waals surface area contributed by atoms with Gasteiger partial charge in [-0.1, -0.05) is 30.3 Å². The van der Waals surface area contributed by atoms with E-state index in [1.807, 2.05) is 25.3 Å². The molecule has 94 valence electrons. The van der Waals surface area contributed by atoms with Crippen LogP contribution in [0, 0.1) is 6.92 Å². The molecule has 1 aromatic heterocycles. The average Bonchev–Trinajstić information content (AvgIpc) is 2.40. The summed E-state index contributed by atoms with van der Waals surface area (Å²) in [5, 5.41) is 0. The Morgan fingerprint density at radius 3 is 2.56 bits per heavy atom. The van der Waals surface area contributed by atoms with Gasteiger partial charge in [0.15, 0.2) is 0 Å². The molecule has 0 saturated heterocycles. The van der Waals surface area contributed by atoms with Gasteiger partial charge in [0.25, 0.3) is 0 Å². The number of nitrogens with zero attached hydrogens (tertiary/aromatic N) is 2. The van der Waals surface area contributed by atoms with Crippen LogP contribution in [0.4, 0.5) is 11.5 Å². The van der Waals surface area contributed by atoms with E-state index in [4.69, 9.17) is 5.73 Å². The van der Waals surface area contributed by atoms with Crippen molar-refractivity contribution in [3.63, 3.8) is 0 Å². The van der Waals surface area contributed by atoms with Gasteiger partial charge in [-0.05, 0) is 25.0 Å². The van der Waals surface area contributed by atoms with E-state index in [9.17, 15) is 0 Å². The lowest BCUT2D eigenvalue weighted by molar-refractivity contribution is 0.813. The fraction of sp³-hybridized carbons (Fsp3) is 0.267. The number of rotatable bonds is 4. The monoisotopic (exact) mass is 241 g/mol. The summed E-state index contributed by atoms with van der Waals surface area (Å²) in [6.07, 6.45) is 1.83. The number of hydrogen-bond donors (Lipinski definition) is 1. The van der Waals surface area contributed by atoms with Crippen molar-refractivity contribution in [2.75, 3.05) is 17.2 Å². The first-order chi connectivity index (χ1) is 8.70. The van der Waals surface area contributed by atoms with E-state index in [0.717, 1.165) is 30.2 Å². The van der Waals surface area contributed by atoms with E-state index in [2.05, 4.69) is 41.1 Å². The molecule has 0 amide bonds. The molecular formula is C15H19N3. The molecular weight excluding hydrogens is 222 g/mol. The minimum absolute atomic E-state index is 0.798. The van der Waals surface area contributed by atoms with Crippen molar-refractivity contribution in [3.8, 4) is 0 Å². The molecule has 0 atom stereocenters. The van der Waals surface area contributed by atoms with E-state index in [1.165, 1.54) is 5.56 Å². The molecule has 0 aliphatic carbocycles. The number of nitrogen functional groups attached to an aromatic ring is 1. The molecule has 2 rings (SSSR count). The molecule has 0 aliphatic rings. The van der Waals surface area contributed by atoms with Crippen molar-refractivity contribution in [2.45, 2.75) is 20.4 Å². The summed E-state index contributed by atoms with van der Waals surface area (Å²) in [6.45, 7) is 5.86. The maximum Gasteiger partial charge on any atom is 0.130 e. The highest BCUT2D eigenvalue weighted by Crippen LogP contribution is 2.19. The van der Waals surface area contributed by atoms with Crippen molar-refractivity contribution in [2.24, 2.45) is 0 Å². The molecule has 3 heteroatoms. The largest absolute Gasteiger partial charge is 0.398 e. The van der Waals surface area contributed by atoms with Crippen LogP contribution in [0.15, 0.2) is 42.6 Å². The Hall–Kier alpha value is -2.03. The zero-order chi connectivity index (χ0) is 13.0. The number of aromatic nitrogens is 1. The lowest BCUT2D eigenvalue weighted by atomic mass is 10.2. The van der Waals surface area contributed by atoms with Crippen molar-refractivity contribution in [1.82, 2.24) is 4.98 Å². The molecule has 0 unspecified atom stereocenters. The molecule has 2 aromatic rings. The van der Waals surface area contributed by atoms with Gasteiger partial charge in [0.05, 0.1) is 0 Å². The van der Waals surface area contributed by atoms with Gasteiger partial charge in [-0.2, -0.15) is 0 Å². The Morgan fingerprint density at radius 1 is 1.22 bits per heavy atom. The summed E-state index contributed by atoms with van der Waals surface area (Å²) < 4.78 is 0. The van der Waals surface area contributed by atoms with Crippen LogP contribution < -0.4 is 10.6 Å². The minimum Gasteiger partial charge on any atom is -0.398 e. The Bertz CT molecular complexity index is 508. The van der Waals surface area contributed by atoms with Gasteiger partial charge >= 0.3 is 0 Å². The summed E-state index contributed by atoms with van der Waals surface area (Å²) in [7, 11) is 0. The van der Waals surface area contributed by atoms with Crippen molar-refractivity contribution < 1.29 is 0 Å². The Balaban J connectivity index is 2.20. The standard InChI is InChI=1S/C15H19N3/c1-3-18(11-13-7-5-4-6-8-13)15-9-14(16)12(2)10-17-15/h4-10H,3,11H2,1-2H3,(H2,16,17). The Morgan fingerprint density at radius 2 is 1.94 bits per heavy atom. The lowest BCUT2D eigenvalue weighted by Crippen LogP contribution is -2.23. The van der Waals surface area contributed by atoms with Crippen LogP contribution >= 0.6 is 0 Å². The number of benzene rings is 1. The predicted molar refractivity (Wildman–Crippen MR) is 76.6 cm³/mol. The number of aryl methyl sites for hydroxylation is 1. The van der Waals surface area contributed by atoms with E-state index in [-0.39, 0.29) is 0 Å². The second kappa shape index (κ2) is 5.54. The number of hydrogen-bond acceptors (Lipinski definition) is 3. The normalized spacial score (nSPS) is 10.3. The predicted octanol–water partition coefficient (Wildman–Crippen LogP) is 3.00. The summed E-state index contributed by atoms with van der Waals surface area (Å²) in [6, 6.07) is 12.3. The van der Waals surface area contributed by atoms with E-state index >= 15 is 0 Å². The quantitative estimate of drug-likeness (QED) is 0.894. The summed E-state index contributed by atoms with van der Waals surface area (Å²) >= 11 is 0. The van der Waals surface area contributed by atoms with Gasteiger partial charge in [0, 0.05) is 31.0 Å². The molecule has 0 fully saturated rings. The minimum atomic E-state index is 0.798. The van der Waals surface area contributed by atoms with Gasteiger partial charge in [-0.15, -0.1) is 0 Å². The zero-order valence-electron chi connectivity index (χ0n) is 10.9.